The van der Waals surface area contributed by atoms with Crippen molar-refractivity contribution in [2.75, 3.05) is 32.7 Å². The molecule has 3 nitrogen and oxygen atoms in total. The molecule has 1 N–H and O–H groups in total. The van der Waals surface area contributed by atoms with Gasteiger partial charge in [0.05, 0.1) is 12.2 Å². The summed E-state index contributed by atoms with van der Waals surface area (Å²) in [6.45, 7) is 10.6. The van der Waals surface area contributed by atoms with Crippen molar-refractivity contribution in [2.45, 2.75) is 58.2 Å². The second-order valence-corrected chi connectivity index (χ2v) is 6.27. The molecule has 0 aromatic rings. The Morgan fingerprint density at radius 2 is 2.00 bits per heavy atom. The maximum Gasteiger partial charge on any atom is 0.0704 e. The van der Waals surface area contributed by atoms with Gasteiger partial charge in [-0.05, 0) is 58.2 Å². The number of hydrogen-bond acceptors (Lipinski definition) is 3. The summed E-state index contributed by atoms with van der Waals surface area (Å²) in [7, 11) is 0. The number of nitrogens with zero attached hydrogens (tertiary/aromatic N) is 1. The van der Waals surface area contributed by atoms with Gasteiger partial charge >= 0.3 is 0 Å². The van der Waals surface area contributed by atoms with E-state index >= 15 is 0 Å². The third-order valence-corrected chi connectivity index (χ3v) is 4.20. The number of likely N-dealkylation sites (tertiary alicyclic amines) is 1. The lowest BCUT2D eigenvalue weighted by atomic mass is 10.1. The van der Waals surface area contributed by atoms with Crippen molar-refractivity contribution in [3.05, 3.63) is 0 Å². The summed E-state index contributed by atoms with van der Waals surface area (Å²) in [5.74, 6) is 0.752. The average Bonchev–Trinajstić information content (AvgIpc) is 2.76. The summed E-state index contributed by atoms with van der Waals surface area (Å²) in [5.41, 5.74) is 0. The molecule has 0 aliphatic carbocycles. The summed E-state index contributed by atoms with van der Waals surface area (Å²) in [6, 6.07) is 0. The predicted octanol–water partition coefficient (Wildman–Crippen LogP) is 2.27. The summed E-state index contributed by atoms with van der Waals surface area (Å²) >= 11 is 0. The molecule has 3 heteroatoms. The topological polar surface area (TPSA) is 24.5 Å². The Bertz CT molecular complexity index is 229. The lowest BCUT2D eigenvalue weighted by Crippen LogP contribution is -2.38. The van der Waals surface area contributed by atoms with Crippen molar-refractivity contribution in [3.8, 4) is 0 Å². The Balaban J connectivity index is 1.52. The van der Waals surface area contributed by atoms with E-state index in [0.29, 0.717) is 12.2 Å². The summed E-state index contributed by atoms with van der Waals surface area (Å²) in [4.78, 5) is 2.63. The van der Waals surface area contributed by atoms with Crippen LogP contribution in [0.2, 0.25) is 0 Å². The Morgan fingerprint density at radius 3 is 2.67 bits per heavy atom. The van der Waals surface area contributed by atoms with E-state index in [1.54, 1.807) is 0 Å². The molecule has 0 radical (unpaired) electrons. The summed E-state index contributed by atoms with van der Waals surface area (Å²) in [5, 5.41) is 3.59. The molecule has 2 fully saturated rings. The van der Waals surface area contributed by atoms with Crippen LogP contribution in [-0.4, -0.2) is 49.8 Å². The Labute approximate surface area is 112 Å². The standard InChI is InChI=1S/C15H30N2O/c1-13(12-17-8-4-3-5-9-17)10-16-11-15-7-6-14(2)18-15/h13-16H,3-12H2,1-2H3. The van der Waals surface area contributed by atoms with E-state index in [9.17, 15) is 0 Å². The normalized spacial score (nSPS) is 31.7. The number of ether oxygens (including phenoxy) is 1. The maximum absolute atomic E-state index is 5.82. The van der Waals surface area contributed by atoms with E-state index in [-0.39, 0.29) is 0 Å². The third kappa shape index (κ3) is 4.87. The van der Waals surface area contributed by atoms with E-state index in [2.05, 4.69) is 24.1 Å². The quantitative estimate of drug-likeness (QED) is 0.787. The molecular weight excluding hydrogens is 224 g/mol. The molecule has 2 aliphatic heterocycles. The molecule has 2 rings (SSSR count). The highest BCUT2D eigenvalue weighted by Crippen LogP contribution is 2.18. The van der Waals surface area contributed by atoms with Crippen LogP contribution >= 0.6 is 0 Å². The van der Waals surface area contributed by atoms with Crippen molar-refractivity contribution >= 4 is 0 Å². The van der Waals surface area contributed by atoms with Gasteiger partial charge in [0.25, 0.3) is 0 Å². The maximum atomic E-state index is 5.82. The molecule has 0 aromatic heterocycles. The van der Waals surface area contributed by atoms with Crippen molar-refractivity contribution in [1.82, 2.24) is 10.2 Å². The van der Waals surface area contributed by atoms with Gasteiger partial charge in [-0.25, -0.2) is 0 Å². The fourth-order valence-electron chi connectivity index (χ4n) is 3.17. The van der Waals surface area contributed by atoms with E-state index in [1.165, 1.54) is 51.7 Å². The van der Waals surface area contributed by atoms with Gasteiger partial charge in [0, 0.05) is 13.1 Å². The van der Waals surface area contributed by atoms with E-state index in [1.807, 2.05) is 0 Å². The van der Waals surface area contributed by atoms with Crippen LogP contribution in [0.4, 0.5) is 0 Å². The van der Waals surface area contributed by atoms with Gasteiger partial charge in [0.2, 0.25) is 0 Å². The zero-order valence-corrected chi connectivity index (χ0v) is 12.2. The van der Waals surface area contributed by atoms with Crippen LogP contribution < -0.4 is 5.32 Å². The molecule has 3 unspecified atom stereocenters. The predicted molar refractivity (Wildman–Crippen MR) is 75.9 cm³/mol. The zero-order chi connectivity index (χ0) is 12.8. The molecule has 2 heterocycles. The fourth-order valence-corrected chi connectivity index (χ4v) is 3.17. The largest absolute Gasteiger partial charge is 0.374 e. The van der Waals surface area contributed by atoms with Crippen LogP contribution in [0.3, 0.4) is 0 Å². The van der Waals surface area contributed by atoms with E-state index in [0.717, 1.165) is 19.0 Å². The lowest BCUT2D eigenvalue weighted by Gasteiger charge is -2.29. The molecule has 0 spiro atoms. The Morgan fingerprint density at radius 1 is 1.22 bits per heavy atom. The van der Waals surface area contributed by atoms with Crippen molar-refractivity contribution < 1.29 is 4.74 Å². The van der Waals surface area contributed by atoms with Crippen molar-refractivity contribution in [1.29, 1.82) is 0 Å². The molecule has 2 saturated heterocycles. The van der Waals surface area contributed by atoms with Crippen LogP contribution in [0, 0.1) is 5.92 Å². The van der Waals surface area contributed by atoms with Gasteiger partial charge in [-0.15, -0.1) is 0 Å². The highest BCUT2D eigenvalue weighted by Gasteiger charge is 2.21. The fraction of sp³-hybridized carbons (Fsp3) is 1.00. The van der Waals surface area contributed by atoms with E-state index < -0.39 is 0 Å². The van der Waals surface area contributed by atoms with E-state index in [4.69, 9.17) is 4.74 Å². The summed E-state index contributed by atoms with van der Waals surface area (Å²) < 4.78 is 5.82. The number of nitrogens with one attached hydrogen (secondary N) is 1. The minimum Gasteiger partial charge on any atom is -0.374 e. The summed E-state index contributed by atoms with van der Waals surface area (Å²) in [6.07, 6.45) is 7.62. The molecule has 0 aromatic carbocycles. The van der Waals surface area contributed by atoms with Gasteiger partial charge < -0.3 is 15.0 Å². The zero-order valence-electron chi connectivity index (χ0n) is 12.2. The van der Waals surface area contributed by atoms with Gasteiger partial charge in [-0.2, -0.15) is 0 Å². The van der Waals surface area contributed by atoms with Gasteiger partial charge in [-0.3, -0.25) is 0 Å². The molecule has 106 valence electrons. The molecule has 18 heavy (non-hydrogen) atoms. The van der Waals surface area contributed by atoms with Crippen molar-refractivity contribution in [2.24, 2.45) is 5.92 Å². The highest BCUT2D eigenvalue weighted by atomic mass is 16.5. The van der Waals surface area contributed by atoms with Crippen LogP contribution in [0.25, 0.3) is 0 Å². The Hall–Kier alpha value is -0.120. The first-order valence-electron chi connectivity index (χ1n) is 7.82. The minimum absolute atomic E-state index is 0.460. The number of piperidine rings is 1. The first-order valence-corrected chi connectivity index (χ1v) is 7.82. The monoisotopic (exact) mass is 254 g/mol. The smallest absolute Gasteiger partial charge is 0.0704 e. The Kier molecular flexibility index (Phi) is 5.93. The van der Waals surface area contributed by atoms with Crippen LogP contribution in [-0.2, 0) is 4.74 Å². The SMILES string of the molecule is CC(CNCC1CCC(C)O1)CN1CCCCC1. The van der Waals surface area contributed by atoms with Crippen LogP contribution in [0.15, 0.2) is 0 Å². The van der Waals surface area contributed by atoms with Crippen LogP contribution in [0.5, 0.6) is 0 Å². The number of hydrogen-bond donors (Lipinski definition) is 1. The second-order valence-electron chi connectivity index (χ2n) is 6.27. The van der Waals surface area contributed by atoms with Crippen LogP contribution in [0.1, 0.15) is 46.0 Å². The molecular formula is C15H30N2O. The average molecular weight is 254 g/mol. The third-order valence-electron chi connectivity index (χ3n) is 4.20. The van der Waals surface area contributed by atoms with Gasteiger partial charge in [-0.1, -0.05) is 13.3 Å². The minimum atomic E-state index is 0.460. The first-order chi connectivity index (χ1) is 8.74. The first kappa shape index (κ1) is 14.3. The lowest BCUT2D eigenvalue weighted by molar-refractivity contribution is 0.0553. The second kappa shape index (κ2) is 7.46. The molecule has 0 amide bonds. The molecule has 3 atom stereocenters. The molecule has 0 saturated carbocycles. The number of rotatable bonds is 6. The van der Waals surface area contributed by atoms with Gasteiger partial charge in [0.15, 0.2) is 0 Å². The highest BCUT2D eigenvalue weighted by molar-refractivity contribution is 4.74. The van der Waals surface area contributed by atoms with Crippen molar-refractivity contribution in [3.63, 3.8) is 0 Å². The molecule has 0 bridgehead atoms. The van der Waals surface area contributed by atoms with Gasteiger partial charge in [0.1, 0.15) is 0 Å². The molecule has 2 aliphatic rings.